The van der Waals surface area contributed by atoms with Crippen LogP contribution in [0.25, 0.3) is 0 Å². The van der Waals surface area contributed by atoms with Crippen LogP contribution in [0.15, 0.2) is 38.5 Å². The number of aromatic nitrogens is 2. The van der Waals surface area contributed by atoms with E-state index in [-0.39, 0.29) is 27.9 Å². The summed E-state index contributed by atoms with van der Waals surface area (Å²) < 4.78 is 59.0. The molecule has 0 aromatic carbocycles. The predicted octanol–water partition coefficient (Wildman–Crippen LogP) is 3.15. The Morgan fingerprint density at radius 3 is 2.20 bits per heavy atom. The molecule has 0 amide bonds. The van der Waals surface area contributed by atoms with E-state index in [1.54, 1.807) is 0 Å². The average molecular weight is 674 g/mol. The Bertz CT molecular complexity index is 1580. The maximum absolute atomic E-state index is 13.6. The van der Waals surface area contributed by atoms with E-state index in [2.05, 4.69) is 30.5 Å². The number of hydrogen-bond donors (Lipinski definition) is 2. The first-order valence-electron chi connectivity index (χ1n) is 14.3. The number of nitrogens with one attached hydrogen (secondary N) is 1. The minimum absolute atomic E-state index is 0.147. The molecule has 3 heterocycles. The molecule has 2 aliphatic heterocycles. The van der Waals surface area contributed by atoms with Crippen LogP contribution < -0.4 is 17.0 Å². The van der Waals surface area contributed by atoms with Crippen molar-refractivity contribution in [2.24, 2.45) is 5.73 Å². The summed E-state index contributed by atoms with van der Waals surface area (Å²) in [5.74, 6) is -0.802. The number of nitrogens with zero attached hydrogens (tertiary/aromatic N) is 1. The average Bonchev–Trinajstić information content (AvgIpc) is 3.26. The zero-order valence-corrected chi connectivity index (χ0v) is 30.5. The summed E-state index contributed by atoms with van der Waals surface area (Å²) in [6.45, 7) is 21.5. The van der Waals surface area contributed by atoms with E-state index in [1.807, 2.05) is 47.0 Å². The first-order valence-corrected chi connectivity index (χ1v) is 21.6. The molecule has 44 heavy (non-hydrogen) atoms. The Hall–Kier alpha value is -2.35. The number of carbonyl (C=O) groups is 1. The SMILES string of the molecule is COC(=O)/C=C/C1=C(N)[C@@]2(OS1(=O)=O)[C@@H](CO[Si](C)(C)C(C)(C)C)O[C@@H](n1cc(C)c(=O)[nH]c1=O)[C@@H]2O[Si](C)(C)C(C)(C)C. The zero-order valence-electron chi connectivity index (χ0n) is 27.7. The maximum atomic E-state index is 13.6. The molecule has 0 bridgehead atoms. The van der Waals surface area contributed by atoms with Gasteiger partial charge in [-0.05, 0) is 49.3 Å². The molecule has 1 aromatic rings. The van der Waals surface area contributed by atoms with Crippen molar-refractivity contribution in [2.45, 2.75) is 109 Å². The third-order valence-electron chi connectivity index (χ3n) is 9.29. The van der Waals surface area contributed by atoms with Crippen molar-refractivity contribution >= 4 is 32.7 Å². The van der Waals surface area contributed by atoms with Gasteiger partial charge in [-0.25, -0.2) is 13.8 Å². The number of ether oxygens (including phenoxy) is 2. The first kappa shape index (κ1) is 36.1. The molecule has 2 aliphatic rings. The standard InChI is InChI=1S/C28H47N3O10SSi2/c1-17-15-31(25(34)30-23(17)33)24-22(40-44(11,12)27(5,6)7)28(19(39-24)16-38-43(9,10)26(2,3)4)21(29)18(42(35,36)41-28)13-14-20(32)37-8/h13-15,19,22,24H,16,29H2,1-12H3,(H,30,33,34)/b14-13+/t19-,22+,24-,28+/m1/s1. The topological polar surface area (TPSA) is 178 Å². The number of rotatable bonds is 8. The van der Waals surface area contributed by atoms with Crippen LogP contribution in [-0.2, 0) is 37.4 Å². The van der Waals surface area contributed by atoms with Crippen LogP contribution in [0.2, 0.25) is 36.3 Å². The van der Waals surface area contributed by atoms with Gasteiger partial charge in [0.15, 0.2) is 28.5 Å². The lowest BCUT2D eigenvalue weighted by molar-refractivity contribution is -0.134. The number of allylic oxidation sites excluding steroid dienone is 1. The predicted molar refractivity (Wildman–Crippen MR) is 170 cm³/mol. The number of H-pyrrole nitrogens is 1. The van der Waals surface area contributed by atoms with Crippen molar-refractivity contribution in [3.63, 3.8) is 0 Å². The Labute approximate surface area is 261 Å². The van der Waals surface area contributed by atoms with Crippen molar-refractivity contribution < 1.29 is 35.7 Å². The molecule has 248 valence electrons. The van der Waals surface area contributed by atoms with Crippen LogP contribution in [0, 0.1) is 6.92 Å². The van der Waals surface area contributed by atoms with Gasteiger partial charge < -0.3 is 24.1 Å². The van der Waals surface area contributed by atoms with Crippen LogP contribution in [0.5, 0.6) is 0 Å². The van der Waals surface area contributed by atoms with E-state index in [4.69, 9.17) is 23.5 Å². The van der Waals surface area contributed by atoms with Crippen LogP contribution in [0.4, 0.5) is 0 Å². The Morgan fingerprint density at radius 1 is 1.11 bits per heavy atom. The number of aryl methyl sites for hydroxylation is 1. The summed E-state index contributed by atoms with van der Waals surface area (Å²) >= 11 is 0. The zero-order chi connectivity index (χ0) is 33.8. The summed E-state index contributed by atoms with van der Waals surface area (Å²) in [7, 11) is -8.65. The fraction of sp³-hybridized carbons (Fsp3) is 0.679. The Morgan fingerprint density at radius 2 is 1.68 bits per heavy atom. The molecule has 0 unspecified atom stereocenters. The van der Waals surface area contributed by atoms with Crippen LogP contribution >= 0.6 is 0 Å². The van der Waals surface area contributed by atoms with E-state index in [9.17, 15) is 22.8 Å². The molecule has 3 N–H and O–H groups in total. The molecule has 16 heteroatoms. The van der Waals surface area contributed by atoms with Gasteiger partial charge in [-0.3, -0.25) is 14.3 Å². The molecule has 3 rings (SSSR count). The van der Waals surface area contributed by atoms with Crippen LogP contribution in [0.1, 0.15) is 53.3 Å². The van der Waals surface area contributed by atoms with E-state index >= 15 is 0 Å². The summed E-state index contributed by atoms with van der Waals surface area (Å²) in [5.41, 5.74) is 3.32. The second-order valence-corrected chi connectivity index (χ2v) is 25.4. The van der Waals surface area contributed by atoms with Crippen molar-refractivity contribution in [3.05, 3.63) is 55.4 Å². The molecule has 13 nitrogen and oxygen atoms in total. The lowest BCUT2D eigenvalue weighted by Gasteiger charge is -2.43. The number of carbonyl (C=O) groups excluding carboxylic acids is 1. The highest BCUT2D eigenvalue weighted by molar-refractivity contribution is 7.91. The summed E-state index contributed by atoms with van der Waals surface area (Å²) in [4.78, 5) is 39.3. The molecule has 1 saturated heterocycles. The largest absolute Gasteiger partial charge is 0.466 e. The minimum atomic E-state index is -4.58. The maximum Gasteiger partial charge on any atom is 0.330 e. The van der Waals surface area contributed by atoms with Gasteiger partial charge in [0.05, 0.1) is 19.4 Å². The minimum Gasteiger partial charge on any atom is -0.466 e. The molecule has 1 aromatic heterocycles. The Balaban J connectivity index is 2.38. The van der Waals surface area contributed by atoms with Gasteiger partial charge >= 0.3 is 11.7 Å². The lowest BCUT2D eigenvalue weighted by atomic mass is 9.88. The van der Waals surface area contributed by atoms with Gasteiger partial charge in [-0.2, -0.15) is 8.42 Å². The van der Waals surface area contributed by atoms with Crippen molar-refractivity contribution in [1.82, 2.24) is 9.55 Å². The monoisotopic (exact) mass is 673 g/mol. The van der Waals surface area contributed by atoms with Crippen LogP contribution in [0.3, 0.4) is 0 Å². The quantitative estimate of drug-likeness (QED) is 0.179. The number of esters is 1. The van der Waals surface area contributed by atoms with Gasteiger partial charge in [0, 0.05) is 17.8 Å². The van der Waals surface area contributed by atoms with Gasteiger partial charge in [-0.1, -0.05) is 41.5 Å². The van der Waals surface area contributed by atoms with E-state index in [1.165, 1.54) is 13.1 Å². The van der Waals surface area contributed by atoms with Gasteiger partial charge in [0.1, 0.15) is 17.1 Å². The first-order chi connectivity index (χ1) is 19.8. The lowest BCUT2D eigenvalue weighted by Crippen LogP contribution is -2.59. The summed E-state index contributed by atoms with van der Waals surface area (Å²) in [5, 5.41) is -0.579. The van der Waals surface area contributed by atoms with Gasteiger partial charge in [0.2, 0.25) is 0 Å². The molecule has 1 fully saturated rings. The third-order valence-corrected chi connectivity index (χ3v) is 19.6. The normalized spacial score (nSPS) is 26.2. The van der Waals surface area contributed by atoms with Gasteiger partial charge in [-0.15, -0.1) is 0 Å². The number of aromatic amines is 1. The van der Waals surface area contributed by atoms with Gasteiger partial charge in [0.25, 0.3) is 15.7 Å². The number of hydrogen-bond acceptors (Lipinski definition) is 11. The molecule has 0 aliphatic carbocycles. The Kier molecular flexibility index (Phi) is 9.67. The highest BCUT2D eigenvalue weighted by Gasteiger charge is 2.68. The highest BCUT2D eigenvalue weighted by atomic mass is 32.2. The van der Waals surface area contributed by atoms with Crippen molar-refractivity contribution in [1.29, 1.82) is 0 Å². The fourth-order valence-electron chi connectivity index (χ4n) is 4.44. The van der Waals surface area contributed by atoms with Crippen LogP contribution in [-0.4, -0.2) is 72.1 Å². The number of methoxy groups -OCH3 is 1. The van der Waals surface area contributed by atoms with Crippen molar-refractivity contribution in [3.8, 4) is 0 Å². The summed E-state index contributed by atoms with van der Waals surface area (Å²) in [6.07, 6.45) is -0.481. The second-order valence-electron chi connectivity index (χ2n) is 14.3. The smallest absolute Gasteiger partial charge is 0.330 e. The molecular weight excluding hydrogens is 627 g/mol. The van der Waals surface area contributed by atoms with E-state index < -0.39 is 72.9 Å². The molecule has 0 saturated carbocycles. The molecule has 1 spiro atoms. The fourth-order valence-corrected chi connectivity index (χ4v) is 8.13. The van der Waals surface area contributed by atoms with E-state index in [0.29, 0.717) is 0 Å². The second kappa shape index (κ2) is 11.8. The molecule has 0 radical (unpaired) electrons. The third kappa shape index (κ3) is 6.48. The van der Waals surface area contributed by atoms with E-state index in [0.717, 1.165) is 23.8 Å². The number of nitrogens with two attached hydrogens (primary N) is 1. The van der Waals surface area contributed by atoms with Crippen molar-refractivity contribution in [2.75, 3.05) is 13.7 Å². The molecule has 4 atom stereocenters. The summed E-state index contributed by atoms with van der Waals surface area (Å²) in [6, 6.07) is 0. The highest BCUT2D eigenvalue weighted by Crippen LogP contribution is 2.53. The molecular formula is C28H47N3O10SSi2.